The highest BCUT2D eigenvalue weighted by molar-refractivity contribution is 4.97. The van der Waals surface area contributed by atoms with Crippen LogP contribution in [-0.2, 0) is 0 Å². The Morgan fingerprint density at radius 1 is 1.25 bits per heavy atom. The molecule has 0 spiro atoms. The fraction of sp³-hybridized carbons (Fsp3) is 1.00. The van der Waals surface area contributed by atoms with Crippen LogP contribution in [0.4, 0.5) is 0 Å². The van der Waals surface area contributed by atoms with Crippen LogP contribution in [0.15, 0.2) is 0 Å². The summed E-state index contributed by atoms with van der Waals surface area (Å²) in [5.41, 5.74) is 6.41. The Balaban J connectivity index is 2.75. The number of rotatable bonds is 5. The molecule has 0 aromatic carbocycles. The molecule has 16 heavy (non-hydrogen) atoms. The largest absolute Gasteiger partial charge is 0.329 e. The summed E-state index contributed by atoms with van der Waals surface area (Å²) in [5, 5.41) is 0. The quantitative estimate of drug-likeness (QED) is 0.781. The van der Waals surface area contributed by atoms with Gasteiger partial charge in [-0.25, -0.2) is 0 Å². The molecule has 1 aliphatic rings. The van der Waals surface area contributed by atoms with Crippen molar-refractivity contribution in [1.29, 1.82) is 0 Å². The van der Waals surface area contributed by atoms with Gasteiger partial charge in [0.1, 0.15) is 0 Å². The van der Waals surface area contributed by atoms with Gasteiger partial charge in [-0.3, -0.25) is 4.90 Å². The SMILES string of the molecule is CCCN(CC)C1(CN)CCC(C)C(C)C1. The van der Waals surface area contributed by atoms with E-state index < -0.39 is 0 Å². The molecule has 0 aliphatic heterocycles. The van der Waals surface area contributed by atoms with E-state index in [4.69, 9.17) is 5.73 Å². The van der Waals surface area contributed by atoms with Crippen molar-refractivity contribution in [2.24, 2.45) is 17.6 Å². The van der Waals surface area contributed by atoms with Crippen LogP contribution in [0.1, 0.15) is 53.4 Å². The second-order valence-electron chi connectivity index (χ2n) is 5.71. The predicted molar refractivity (Wildman–Crippen MR) is 71.5 cm³/mol. The van der Waals surface area contributed by atoms with E-state index in [1.54, 1.807) is 0 Å². The van der Waals surface area contributed by atoms with Crippen LogP contribution in [0.25, 0.3) is 0 Å². The van der Waals surface area contributed by atoms with Gasteiger partial charge in [0, 0.05) is 12.1 Å². The first-order valence-electron chi connectivity index (χ1n) is 7.04. The molecule has 0 aromatic heterocycles. The topological polar surface area (TPSA) is 29.3 Å². The Labute approximate surface area is 102 Å². The fourth-order valence-corrected chi connectivity index (χ4v) is 3.29. The summed E-state index contributed by atoms with van der Waals surface area (Å²) >= 11 is 0. The Hall–Kier alpha value is -0.0800. The van der Waals surface area contributed by atoms with Gasteiger partial charge in [-0.1, -0.05) is 27.7 Å². The molecule has 3 unspecified atom stereocenters. The normalized spacial score (nSPS) is 35.6. The lowest BCUT2D eigenvalue weighted by molar-refractivity contribution is 0.0248. The highest BCUT2D eigenvalue weighted by Crippen LogP contribution is 2.39. The average Bonchev–Trinajstić information content (AvgIpc) is 2.30. The van der Waals surface area contributed by atoms with Crippen molar-refractivity contribution in [3.05, 3.63) is 0 Å². The molecule has 0 bridgehead atoms. The third-order valence-electron chi connectivity index (χ3n) is 4.66. The zero-order chi connectivity index (χ0) is 12.2. The predicted octanol–water partition coefficient (Wildman–Crippen LogP) is 2.87. The summed E-state index contributed by atoms with van der Waals surface area (Å²) in [6, 6.07) is 0. The van der Waals surface area contributed by atoms with Gasteiger partial charge in [0.15, 0.2) is 0 Å². The van der Waals surface area contributed by atoms with Gasteiger partial charge in [-0.05, 0) is 50.6 Å². The van der Waals surface area contributed by atoms with Crippen LogP contribution in [0.3, 0.4) is 0 Å². The third-order valence-corrected chi connectivity index (χ3v) is 4.66. The summed E-state index contributed by atoms with van der Waals surface area (Å²) in [7, 11) is 0. The summed E-state index contributed by atoms with van der Waals surface area (Å²) in [4.78, 5) is 2.63. The first-order valence-corrected chi connectivity index (χ1v) is 7.04. The Morgan fingerprint density at radius 2 is 1.94 bits per heavy atom. The molecule has 1 saturated carbocycles. The molecule has 2 nitrogen and oxygen atoms in total. The van der Waals surface area contributed by atoms with E-state index in [0.717, 1.165) is 24.9 Å². The molecule has 2 N–H and O–H groups in total. The minimum absolute atomic E-state index is 0.302. The van der Waals surface area contributed by atoms with Gasteiger partial charge in [-0.15, -0.1) is 0 Å². The zero-order valence-corrected chi connectivity index (χ0v) is 11.6. The molecule has 2 heteroatoms. The smallest absolute Gasteiger partial charge is 0.0334 e. The standard InChI is InChI=1S/C14H30N2/c1-5-9-16(6-2)14(11-15)8-7-12(3)13(4)10-14/h12-13H,5-11,15H2,1-4H3. The van der Waals surface area contributed by atoms with E-state index in [-0.39, 0.29) is 0 Å². The van der Waals surface area contributed by atoms with Crippen molar-refractivity contribution < 1.29 is 0 Å². The fourth-order valence-electron chi connectivity index (χ4n) is 3.29. The highest BCUT2D eigenvalue weighted by Gasteiger charge is 2.40. The molecule has 0 saturated heterocycles. The van der Waals surface area contributed by atoms with Crippen molar-refractivity contribution in [3.8, 4) is 0 Å². The van der Waals surface area contributed by atoms with Gasteiger partial charge in [-0.2, -0.15) is 0 Å². The molecule has 3 atom stereocenters. The molecule has 0 amide bonds. The number of nitrogens with two attached hydrogens (primary N) is 1. The van der Waals surface area contributed by atoms with Crippen molar-refractivity contribution in [1.82, 2.24) is 4.90 Å². The molecular formula is C14H30N2. The van der Waals surface area contributed by atoms with Crippen LogP contribution in [0, 0.1) is 11.8 Å². The van der Waals surface area contributed by atoms with Crippen LogP contribution >= 0.6 is 0 Å². The first-order chi connectivity index (χ1) is 7.59. The molecule has 1 rings (SSSR count). The van der Waals surface area contributed by atoms with E-state index in [1.807, 2.05) is 0 Å². The maximum absolute atomic E-state index is 6.11. The van der Waals surface area contributed by atoms with Gasteiger partial charge in [0.25, 0.3) is 0 Å². The molecule has 1 fully saturated rings. The Morgan fingerprint density at radius 3 is 2.38 bits per heavy atom. The number of likely N-dealkylation sites (N-methyl/N-ethyl adjacent to an activating group) is 1. The van der Waals surface area contributed by atoms with E-state index in [9.17, 15) is 0 Å². The third kappa shape index (κ3) is 2.78. The van der Waals surface area contributed by atoms with Crippen LogP contribution < -0.4 is 5.73 Å². The van der Waals surface area contributed by atoms with Crippen LogP contribution in [-0.4, -0.2) is 30.1 Å². The zero-order valence-electron chi connectivity index (χ0n) is 11.6. The van der Waals surface area contributed by atoms with Crippen molar-refractivity contribution >= 4 is 0 Å². The van der Waals surface area contributed by atoms with Gasteiger partial charge in [0.05, 0.1) is 0 Å². The van der Waals surface area contributed by atoms with E-state index in [1.165, 1.54) is 32.2 Å². The minimum atomic E-state index is 0.302. The van der Waals surface area contributed by atoms with E-state index in [2.05, 4.69) is 32.6 Å². The highest BCUT2D eigenvalue weighted by atomic mass is 15.2. The molecule has 96 valence electrons. The molecular weight excluding hydrogens is 196 g/mol. The average molecular weight is 226 g/mol. The van der Waals surface area contributed by atoms with E-state index in [0.29, 0.717) is 5.54 Å². The monoisotopic (exact) mass is 226 g/mol. The molecule has 0 aromatic rings. The lowest BCUT2D eigenvalue weighted by Gasteiger charge is -2.49. The van der Waals surface area contributed by atoms with Gasteiger partial charge < -0.3 is 5.73 Å². The number of hydrogen-bond acceptors (Lipinski definition) is 2. The Bertz CT molecular complexity index is 205. The number of hydrogen-bond donors (Lipinski definition) is 1. The Kier molecular flexibility index (Phi) is 5.26. The lowest BCUT2D eigenvalue weighted by Crippen LogP contribution is -2.57. The van der Waals surface area contributed by atoms with Crippen molar-refractivity contribution in [2.45, 2.75) is 58.9 Å². The first kappa shape index (κ1) is 14.0. The second kappa shape index (κ2) is 6.02. The second-order valence-corrected chi connectivity index (χ2v) is 5.71. The summed E-state index contributed by atoms with van der Waals surface area (Å²) in [5.74, 6) is 1.70. The number of nitrogens with zero attached hydrogens (tertiary/aromatic N) is 1. The van der Waals surface area contributed by atoms with Gasteiger partial charge >= 0.3 is 0 Å². The maximum Gasteiger partial charge on any atom is 0.0334 e. The summed E-state index contributed by atoms with van der Waals surface area (Å²) < 4.78 is 0. The maximum atomic E-state index is 6.11. The van der Waals surface area contributed by atoms with Gasteiger partial charge in [0.2, 0.25) is 0 Å². The summed E-state index contributed by atoms with van der Waals surface area (Å²) in [6.07, 6.45) is 5.17. The van der Waals surface area contributed by atoms with E-state index >= 15 is 0 Å². The van der Waals surface area contributed by atoms with Crippen molar-refractivity contribution in [3.63, 3.8) is 0 Å². The molecule has 0 heterocycles. The van der Waals surface area contributed by atoms with Crippen LogP contribution in [0.5, 0.6) is 0 Å². The lowest BCUT2D eigenvalue weighted by atomic mass is 9.70. The molecule has 1 aliphatic carbocycles. The summed E-state index contributed by atoms with van der Waals surface area (Å²) in [6.45, 7) is 12.5. The molecule has 0 radical (unpaired) electrons. The minimum Gasteiger partial charge on any atom is -0.329 e. The van der Waals surface area contributed by atoms with Crippen molar-refractivity contribution in [2.75, 3.05) is 19.6 Å². The van der Waals surface area contributed by atoms with Crippen LogP contribution in [0.2, 0.25) is 0 Å².